The lowest BCUT2D eigenvalue weighted by Gasteiger charge is -2.44. The van der Waals surface area contributed by atoms with Gasteiger partial charge in [-0.2, -0.15) is 0 Å². The summed E-state index contributed by atoms with van der Waals surface area (Å²) in [6, 6.07) is 99.6. The predicted molar refractivity (Wildman–Crippen MR) is 340 cm³/mol. The molecule has 0 unspecified atom stereocenters. The van der Waals surface area contributed by atoms with Crippen molar-refractivity contribution < 1.29 is 4.42 Å². The Balaban J connectivity index is 0.982. The average Bonchev–Trinajstić information content (AvgIpc) is 4.43. The molecule has 3 nitrogen and oxygen atoms in total. The molecule has 0 bridgehead atoms. The Kier molecular flexibility index (Phi) is 10.1. The van der Waals surface area contributed by atoms with E-state index in [9.17, 15) is 0 Å². The van der Waals surface area contributed by atoms with E-state index in [4.69, 9.17) is 4.42 Å². The first kappa shape index (κ1) is 46.5. The van der Waals surface area contributed by atoms with Gasteiger partial charge in [0.25, 0.3) is 0 Å². The number of rotatable bonds is 7. The lowest BCUT2D eigenvalue weighted by Crippen LogP contribution is -2.34. The molecule has 0 amide bonds. The summed E-state index contributed by atoms with van der Waals surface area (Å²) in [6.07, 6.45) is 0. The van der Waals surface area contributed by atoms with Crippen molar-refractivity contribution in [1.29, 1.82) is 0 Å². The van der Waals surface area contributed by atoms with Gasteiger partial charge in [0, 0.05) is 86.0 Å². The van der Waals surface area contributed by atoms with E-state index >= 15 is 0 Å². The van der Waals surface area contributed by atoms with E-state index in [0.717, 1.165) is 56.1 Å². The van der Waals surface area contributed by atoms with Crippen LogP contribution in [0.1, 0.15) is 47.2 Å². The molecule has 0 atom stereocenters. The highest BCUT2D eigenvalue weighted by Gasteiger charge is 2.53. The summed E-state index contributed by atoms with van der Waals surface area (Å²) >= 11 is 3.80. The first-order valence-corrected chi connectivity index (χ1v) is 29.5. The van der Waals surface area contributed by atoms with Crippen molar-refractivity contribution in [3.63, 3.8) is 0 Å². The second-order valence-corrected chi connectivity index (χ2v) is 24.3. The first-order chi connectivity index (χ1) is 39.9. The molecule has 0 radical (unpaired) electrons. The molecule has 0 saturated heterocycles. The largest absolute Gasteiger partial charge is 0.456 e. The molecule has 3 heterocycles. The van der Waals surface area contributed by atoms with Gasteiger partial charge in [-0.1, -0.05) is 214 Å². The Hall–Kier alpha value is -9.39. The topological polar surface area (TPSA) is 19.6 Å². The summed E-state index contributed by atoms with van der Waals surface area (Å²) in [5.41, 5.74) is 22.7. The van der Waals surface area contributed by atoms with Crippen LogP contribution in [0.5, 0.6) is 0 Å². The van der Waals surface area contributed by atoms with Crippen molar-refractivity contribution in [3.8, 4) is 33.4 Å². The Morgan fingerprint density at radius 2 is 0.975 bits per heavy atom. The number of fused-ring (bicyclic) bond motifs is 18. The molecule has 382 valence electrons. The minimum absolute atomic E-state index is 0.211. The van der Waals surface area contributed by atoms with E-state index in [2.05, 4.69) is 285 Å². The molecule has 12 aromatic carbocycles. The van der Waals surface area contributed by atoms with Gasteiger partial charge in [0.1, 0.15) is 11.2 Å². The smallest absolute Gasteiger partial charge is 0.137 e. The Morgan fingerprint density at radius 1 is 0.370 bits per heavy atom. The van der Waals surface area contributed by atoms with Gasteiger partial charge in [0.05, 0.1) is 22.5 Å². The number of anilines is 6. The second kappa shape index (κ2) is 17.6. The van der Waals surface area contributed by atoms with Crippen molar-refractivity contribution in [3.05, 3.63) is 300 Å². The number of furan rings is 1. The molecule has 1 aliphatic heterocycles. The monoisotopic (exact) mass is 1070 g/mol. The highest BCUT2D eigenvalue weighted by atomic mass is 32.2. The van der Waals surface area contributed by atoms with Gasteiger partial charge >= 0.3 is 0 Å². The summed E-state index contributed by atoms with van der Waals surface area (Å²) in [7, 11) is 0. The van der Waals surface area contributed by atoms with Crippen LogP contribution in [0.2, 0.25) is 0 Å². The third-order valence-corrected chi connectivity index (χ3v) is 20.1. The number of benzene rings is 12. The molecule has 5 heteroatoms. The predicted octanol–water partition coefficient (Wildman–Crippen LogP) is 21.7. The minimum Gasteiger partial charge on any atom is -0.456 e. The summed E-state index contributed by atoms with van der Waals surface area (Å²) in [5, 5.41) is 4.75. The van der Waals surface area contributed by atoms with Gasteiger partial charge in [0.2, 0.25) is 0 Å². The van der Waals surface area contributed by atoms with Crippen molar-refractivity contribution in [2.24, 2.45) is 0 Å². The van der Waals surface area contributed by atoms with Crippen LogP contribution in [0.4, 0.5) is 34.1 Å². The maximum Gasteiger partial charge on any atom is 0.137 e. The fraction of sp³-hybridized carbons (Fsp3) is 0.0526. The Morgan fingerprint density at radius 3 is 1.77 bits per heavy atom. The number of thiophene rings is 1. The molecular weight excluding hydrogens is 1020 g/mol. The van der Waals surface area contributed by atoms with Crippen LogP contribution in [-0.2, 0) is 10.8 Å². The molecule has 0 fully saturated rings. The van der Waals surface area contributed by atoms with Gasteiger partial charge in [-0.25, -0.2) is 0 Å². The molecule has 81 heavy (non-hydrogen) atoms. The fourth-order valence-electron chi connectivity index (χ4n) is 14.3. The molecule has 3 aliphatic rings. The zero-order valence-electron chi connectivity index (χ0n) is 44.5. The second-order valence-electron chi connectivity index (χ2n) is 22.2. The third-order valence-electron chi connectivity index (χ3n) is 17.7. The van der Waals surface area contributed by atoms with E-state index in [-0.39, 0.29) is 5.41 Å². The number of para-hydroxylation sites is 2. The zero-order valence-corrected chi connectivity index (χ0v) is 46.2. The first-order valence-electron chi connectivity index (χ1n) is 27.9. The van der Waals surface area contributed by atoms with E-state index in [0.29, 0.717) is 0 Å². The van der Waals surface area contributed by atoms with Crippen molar-refractivity contribution in [1.82, 2.24) is 0 Å². The van der Waals surface area contributed by atoms with Crippen LogP contribution in [0.25, 0.3) is 75.5 Å². The normalized spacial score (nSPS) is 14.0. The zero-order chi connectivity index (χ0) is 53.6. The van der Waals surface area contributed by atoms with E-state index in [1.54, 1.807) is 0 Å². The van der Waals surface area contributed by atoms with Crippen molar-refractivity contribution >= 4 is 99.3 Å². The number of nitrogens with zero attached hydrogens (tertiary/aromatic N) is 2. The lowest BCUT2D eigenvalue weighted by molar-refractivity contribution is 0.660. The quantitative estimate of drug-likeness (QED) is 0.158. The maximum atomic E-state index is 6.67. The van der Waals surface area contributed by atoms with Gasteiger partial charge in [-0.05, 0) is 123 Å². The highest BCUT2D eigenvalue weighted by molar-refractivity contribution is 7.99. The SMILES string of the molecule is CC1(C)c2ccccc2-c2c(N(c3cc(-c4ccccc4)c4sc5ccccc5c4c3)c3cccc4c3Sc3cccc(N(c5ccccc5)c5ccc6c(c5)oc5ccccc56)c3C43c4ccccc4-c4ccccc43)cccc21. The third kappa shape index (κ3) is 6.59. The van der Waals surface area contributed by atoms with Gasteiger partial charge in [-0.15, -0.1) is 11.3 Å². The highest BCUT2D eigenvalue weighted by Crippen LogP contribution is 2.67. The van der Waals surface area contributed by atoms with Crippen LogP contribution < -0.4 is 9.80 Å². The molecule has 2 aromatic heterocycles. The standard InChI is InChI=1S/C76H50N2OS2/c1-75(2)59-31-14-11-30-56(59)71-62(75)34-19-36-64(71)78(50-44-57(47-22-5-3-6-23-47)73-58(45-50)55-29-13-18-40-69(55)80-73)66-38-20-35-63-74(66)81-70-41-21-37-65(72(70)76(63)60-32-15-9-26-51(60)52-27-10-16-33-61(52)76)77(48-24-7-4-8-25-48)49-42-43-54-53-28-12-17-39-67(53)79-68(54)46-49/h3-46H,1-2H3. The lowest BCUT2D eigenvalue weighted by atomic mass is 9.66. The molecule has 1 spiro atoms. The Labute approximate surface area is 478 Å². The Bertz CT molecular complexity index is 4870. The minimum atomic E-state index is -0.756. The maximum absolute atomic E-state index is 6.67. The molecule has 14 aromatic rings. The van der Waals surface area contributed by atoms with Gasteiger partial charge < -0.3 is 14.2 Å². The molecule has 0 saturated carbocycles. The van der Waals surface area contributed by atoms with Crippen LogP contribution in [0, 0.1) is 0 Å². The molecule has 0 N–H and O–H groups in total. The van der Waals surface area contributed by atoms with E-state index in [1.807, 2.05) is 29.2 Å². The van der Waals surface area contributed by atoms with Crippen LogP contribution in [0.15, 0.2) is 281 Å². The molecule has 17 rings (SSSR count). The van der Waals surface area contributed by atoms with Gasteiger partial charge in [0.15, 0.2) is 0 Å². The number of hydrogen-bond acceptors (Lipinski definition) is 5. The van der Waals surface area contributed by atoms with Crippen LogP contribution >= 0.6 is 23.1 Å². The molecular formula is C76H50N2OS2. The average molecular weight is 1070 g/mol. The fourth-order valence-corrected chi connectivity index (χ4v) is 16.8. The molecule has 2 aliphatic carbocycles. The van der Waals surface area contributed by atoms with Crippen LogP contribution in [-0.4, -0.2) is 0 Å². The van der Waals surface area contributed by atoms with Gasteiger partial charge in [-0.3, -0.25) is 0 Å². The number of hydrogen-bond donors (Lipinski definition) is 0. The summed E-state index contributed by atoms with van der Waals surface area (Å²) < 4.78 is 9.24. The van der Waals surface area contributed by atoms with Crippen LogP contribution in [0.3, 0.4) is 0 Å². The van der Waals surface area contributed by atoms with E-state index in [1.165, 1.54) is 96.7 Å². The van der Waals surface area contributed by atoms with Crippen molar-refractivity contribution in [2.45, 2.75) is 34.5 Å². The summed E-state index contributed by atoms with van der Waals surface area (Å²) in [4.78, 5) is 7.54. The van der Waals surface area contributed by atoms with E-state index < -0.39 is 5.41 Å². The van der Waals surface area contributed by atoms with Crippen molar-refractivity contribution in [2.75, 3.05) is 9.80 Å². The summed E-state index contributed by atoms with van der Waals surface area (Å²) in [6.45, 7) is 4.79. The summed E-state index contributed by atoms with van der Waals surface area (Å²) in [5.74, 6) is 0.